The molecule has 1 aromatic heterocycles. The molecule has 0 aliphatic rings. The van der Waals surface area contributed by atoms with Crippen LogP contribution in [0.5, 0.6) is 11.5 Å². The van der Waals surface area contributed by atoms with E-state index in [2.05, 4.69) is 5.32 Å². The molecule has 3 N–H and O–H groups in total. The molecule has 2 rings (SSSR count). The molecular formula is C20H25N3O6S. The number of nitrogens with zero attached hydrogens (tertiary/aromatic N) is 1. The Bertz CT molecular complexity index is 849. The number of amides is 3. The van der Waals surface area contributed by atoms with Gasteiger partial charge >= 0.3 is 12.0 Å². The summed E-state index contributed by atoms with van der Waals surface area (Å²) in [6.07, 6.45) is -0.0679. The second kappa shape index (κ2) is 11.1. The predicted octanol–water partition coefficient (Wildman–Crippen LogP) is 2.07. The van der Waals surface area contributed by atoms with Crippen LogP contribution in [0.2, 0.25) is 0 Å². The number of methoxy groups -OCH3 is 3. The molecule has 0 saturated carbocycles. The van der Waals surface area contributed by atoms with Gasteiger partial charge < -0.3 is 30.2 Å². The molecule has 3 amide bonds. The minimum absolute atomic E-state index is 0.0679. The lowest BCUT2D eigenvalue weighted by Gasteiger charge is -2.25. The van der Waals surface area contributed by atoms with Crippen LogP contribution in [0.25, 0.3) is 0 Å². The molecule has 10 heteroatoms. The lowest BCUT2D eigenvalue weighted by atomic mass is 10.1. The van der Waals surface area contributed by atoms with Gasteiger partial charge in [0.2, 0.25) is 5.91 Å². The van der Waals surface area contributed by atoms with Crippen molar-refractivity contribution in [2.45, 2.75) is 19.0 Å². The van der Waals surface area contributed by atoms with Crippen molar-refractivity contribution in [3.05, 3.63) is 46.2 Å². The molecule has 162 valence electrons. The third kappa shape index (κ3) is 6.66. The quantitative estimate of drug-likeness (QED) is 0.551. The molecule has 1 heterocycles. The maximum Gasteiger partial charge on any atom is 0.325 e. The summed E-state index contributed by atoms with van der Waals surface area (Å²) in [4.78, 5) is 38.5. The number of hydrogen-bond acceptors (Lipinski definition) is 7. The van der Waals surface area contributed by atoms with Gasteiger partial charge in [-0.15, -0.1) is 11.3 Å². The minimum atomic E-state index is -0.738. The van der Waals surface area contributed by atoms with E-state index in [1.165, 1.54) is 37.6 Å². The normalized spacial score (nSPS) is 11.3. The first-order valence-electron chi connectivity index (χ1n) is 9.02. The average Bonchev–Trinajstić information content (AvgIpc) is 3.26. The van der Waals surface area contributed by atoms with Crippen molar-refractivity contribution in [2.24, 2.45) is 5.73 Å². The molecule has 1 aromatic carbocycles. The van der Waals surface area contributed by atoms with Crippen LogP contribution in [0, 0.1) is 0 Å². The highest BCUT2D eigenvalue weighted by Crippen LogP contribution is 2.26. The van der Waals surface area contributed by atoms with Gasteiger partial charge in [-0.3, -0.25) is 9.59 Å². The molecule has 1 atom stereocenters. The summed E-state index contributed by atoms with van der Waals surface area (Å²) >= 11 is 1.39. The summed E-state index contributed by atoms with van der Waals surface area (Å²) in [5.74, 6) is 0.200. The van der Waals surface area contributed by atoms with Gasteiger partial charge in [0, 0.05) is 17.5 Å². The van der Waals surface area contributed by atoms with Gasteiger partial charge in [0.1, 0.15) is 18.0 Å². The van der Waals surface area contributed by atoms with E-state index in [1.54, 1.807) is 24.3 Å². The van der Waals surface area contributed by atoms with E-state index < -0.39 is 18.0 Å². The number of benzene rings is 1. The van der Waals surface area contributed by atoms with Crippen LogP contribution in [-0.4, -0.2) is 50.7 Å². The Kier molecular flexibility index (Phi) is 8.48. The van der Waals surface area contributed by atoms with Crippen molar-refractivity contribution in [3.63, 3.8) is 0 Å². The third-order valence-electron chi connectivity index (χ3n) is 4.27. The number of rotatable bonds is 10. The SMILES string of the molecule is COC(=O)CN(Cc1cc(OC)cc(OC)c1)C(=O)CC(NC(N)=O)c1cccs1. The highest BCUT2D eigenvalue weighted by molar-refractivity contribution is 7.10. The van der Waals surface area contributed by atoms with Gasteiger partial charge in [0.15, 0.2) is 0 Å². The highest BCUT2D eigenvalue weighted by atomic mass is 32.1. The maximum absolute atomic E-state index is 13.1. The van der Waals surface area contributed by atoms with E-state index in [-0.39, 0.29) is 25.4 Å². The number of ether oxygens (including phenoxy) is 3. The fourth-order valence-electron chi connectivity index (χ4n) is 2.82. The Labute approximate surface area is 178 Å². The van der Waals surface area contributed by atoms with E-state index in [4.69, 9.17) is 19.9 Å². The fourth-order valence-corrected chi connectivity index (χ4v) is 3.60. The fraction of sp³-hybridized carbons (Fsp3) is 0.350. The maximum atomic E-state index is 13.1. The molecule has 0 radical (unpaired) electrons. The van der Waals surface area contributed by atoms with Gasteiger partial charge in [0.05, 0.1) is 33.8 Å². The van der Waals surface area contributed by atoms with Crippen molar-refractivity contribution < 1.29 is 28.6 Å². The summed E-state index contributed by atoms with van der Waals surface area (Å²) in [5.41, 5.74) is 5.98. The van der Waals surface area contributed by atoms with Crippen molar-refractivity contribution >= 4 is 29.2 Å². The van der Waals surface area contributed by atoms with E-state index in [9.17, 15) is 14.4 Å². The van der Waals surface area contributed by atoms with Gasteiger partial charge in [-0.1, -0.05) is 6.07 Å². The highest BCUT2D eigenvalue weighted by Gasteiger charge is 2.24. The molecule has 0 saturated heterocycles. The molecule has 30 heavy (non-hydrogen) atoms. The van der Waals surface area contributed by atoms with Gasteiger partial charge in [-0.05, 0) is 29.1 Å². The second-order valence-corrected chi connectivity index (χ2v) is 7.31. The molecule has 0 bridgehead atoms. The average molecular weight is 436 g/mol. The van der Waals surface area contributed by atoms with Crippen molar-refractivity contribution in [1.82, 2.24) is 10.2 Å². The molecule has 9 nitrogen and oxygen atoms in total. The van der Waals surface area contributed by atoms with E-state index in [0.717, 1.165) is 4.88 Å². The summed E-state index contributed by atoms with van der Waals surface area (Å²) in [6.45, 7) is -0.127. The third-order valence-corrected chi connectivity index (χ3v) is 5.25. The first-order valence-corrected chi connectivity index (χ1v) is 9.90. The molecule has 0 aliphatic carbocycles. The number of esters is 1. The zero-order valence-electron chi connectivity index (χ0n) is 17.0. The lowest BCUT2D eigenvalue weighted by Crippen LogP contribution is -2.40. The monoisotopic (exact) mass is 435 g/mol. The zero-order chi connectivity index (χ0) is 22.1. The Morgan fingerprint density at radius 3 is 2.30 bits per heavy atom. The van der Waals surface area contributed by atoms with Crippen LogP contribution >= 0.6 is 11.3 Å². The van der Waals surface area contributed by atoms with Crippen LogP contribution in [-0.2, 0) is 20.9 Å². The number of nitrogens with one attached hydrogen (secondary N) is 1. The van der Waals surface area contributed by atoms with Crippen LogP contribution in [0.1, 0.15) is 22.9 Å². The smallest absolute Gasteiger partial charge is 0.325 e. The number of carbonyl (C=O) groups excluding carboxylic acids is 3. The Balaban J connectivity index is 2.25. The molecule has 0 fully saturated rings. The Hall–Kier alpha value is -3.27. The number of primary amides is 1. The zero-order valence-corrected chi connectivity index (χ0v) is 17.9. The summed E-state index contributed by atoms with van der Waals surface area (Å²) < 4.78 is 15.3. The topological polar surface area (TPSA) is 120 Å². The van der Waals surface area contributed by atoms with Crippen LogP contribution in [0.3, 0.4) is 0 Å². The van der Waals surface area contributed by atoms with E-state index >= 15 is 0 Å². The van der Waals surface area contributed by atoms with Crippen molar-refractivity contribution in [2.75, 3.05) is 27.9 Å². The minimum Gasteiger partial charge on any atom is -0.497 e. The summed E-state index contributed by atoms with van der Waals surface area (Å²) in [6, 6.07) is 7.48. The van der Waals surface area contributed by atoms with Crippen molar-refractivity contribution in [3.8, 4) is 11.5 Å². The summed E-state index contributed by atoms with van der Waals surface area (Å²) in [5, 5.41) is 4.42. The van der Waals surface area contributed by atoms with Crippen LogP contribution in [0.15, 0.2) is 35.7 Å². The van der Waals surface area contributed by atoms with Gasteiger partial charge in [-0.25, -0.2) is 4.79 Å². The number of hydrogen-bond donors (Lipinski definition) is 2. The predicted molar refractivity (Wildman–Crippen MR) is 111 cm³/mol. The van der Waals surface area contributed by atoms with Crippen molar-refractivity contribution in [1.29, 1.82) is 0 Å². The largest absolute Gasteiger partial charge is 0.497 e. The standard InChI is InChI=1S/C20H25N3O6S/c1-27-14-7-13(8-15(9-14)28-2)11-23(12-19(25)29-3)18(24)10-16(22-20(21)26)17-5-4-6-30-17/h4-9,16H,10-12H2,1-3H3,(H3,21,22,26). The van der Waals surface area contributed by atoms with E-state index in [1.807, 2.05) is 11.4 Å². The summed E-state index contributed by atoms with van der Waals surface area (Å²) in [7, 11) is 4.30. The molecule has 0 aliphatic heterocycles. The number of urea groups is 1. The Morgan fingerprint density at radius 2 is 1.80 bits per heavy atom. The Morgan fingerprint density at radius 1 is 1.13 bits per heavy atom. The number of thiophene rings is 1. The molecule has 2 aromatic rings. The molecule has 0 spiro atoms. The first kappa shape index (κ1) is 23.0. The molecular weight excluding hydrogens is 410 g/mol. The van der Waals surface area contributed by atoms with Gasteiger partial charge in [0.25, 0.3) is 0 Å². The first-order chi connectivity index (χ1) is 14.4. The number of nitrogens with two attached hydrogens (primary N) is 1. The number of carbonyl (C=O) groups is 3. The lowest BCUT2D eigenvalue weighted by molar-refractivity contribution is -0.147. The molecule has 1 unspecified atom stereocenters. The van der Waals surface area contributed by atoms with E-state index in [0.29, 0.717) is 17.1 Å². The van der Waals surface area contributed by atoms with Crippen LogP contribution < -0.4 is 20.5 Å². The van der Waals surface area contributed by atoms with Crippen LogP contribution in [0.4, 0.5) is 4.79 Å². The van der Waals surface area contributed by atoms with Gasteiger partial charge in [-0.2, -0.15) is 0 Å². The second-order valence-electron chi connectivity index (χ2n) is 6.33.